The lowest BCUT2D eigenvalue weighted by Gasteiger charge is -2.32. The zero-order valence-electron chi connectivity index (χ0n) is 16.0. The summed E-state index contributed by atoms with van der Waals surface area (Å²) in [6, 6.07) is 17.5. The Morgan fingerprint density at radius 1 is 1.14 bits per heavy atom. The SMILES string of the molecule is COc1cccc(C2CN(C(=O)c3cccc4cccnc34)Cc3[nH]cnc32)c1. The van der Waals surface area contributed by atoms with Crippen molar-refractivity contribution in [3.8, 4) is 5.75 Å². The molecule has 6 nitrogen and oxygen atoms in total. The fourth-order valence-corrected chi connectivity index (χ4v) is 4.04. The van der Waals surface area contributed by atoms with Gasteiger partial charge in [0.25, 0.3) is 5.91 Å². The van der Waals surface area contributed by atoms with Crippen molar-refractivity contribution in [2.45, 2.75) is 12.5 Å². The predicted molar refractivity (Wildman–Crippen MR) is 110 cm³/mol. The van der Waals surface area contributed by atoms with E-state index in [2.05, 4.69) is 21.0 Å². The van der Waals surface area contributed by atoms with Gasteiger partial charge in [-0.15, -0.1) is 0 Å². The van der Waals surface area contributed by atoms with Crippen LogP contribution in [0.2, 0.25) is 0 Å². The lowest BCUT2D eigenvalue weighted by molar-refractivity contribution is 0.0723. The Kier molecular flexibility index (Phi) is 4.24. The van der Waals surface area contributed by atoms with Crippen molar-refractivity contribution >= 4 is 16.8 Å². The van der Waals surface area contributed by atoms with Crippen molar-refractivity contribution in [3.63, 3.8) is 0 Å². The molecule has 0 aliphatic carbocycles. The number of hydrogen-bond donors (Lipinski definition) is 1. The van der Waals surface area contributed by atoms with Crippen molar-refractivity contribution in [1.82, 2.24) is 19.9 Å². The Bertz CT molecular complexity index is 1190. The number of aromatic nitrogens is 3. The van der Waals surface area contributed by atoms with Crippen molar-refractivity contribution < 1.29 is 9.53 Å². The van der Waals surface area contributed by atoms with Gasteiger partial charge in [-0.25, -0.2) is 4.98 Å². The first-order chi connectivity index (χ1) is 14.2. The molecule has 1 unspecified atom stereocenters. The van der Waals surface area contributed by atoms with Crippen LogP contribution < -0.4 is 4.74 Å². The van der Waals surface area contributed by atoms with Gasteiger partial charge in [0, 0.05) is 24.0 Å². The molecular formula is C23H20N4O2. The molecule has 29 heavy (non-hydrogen) atoms. The Morgan fingerprint density at radius 3 is 2.90 bits per heavy atom. The average molecular weight is 384 g/mol. The number of carbonyl (C=O) groups is 1. The molecule has 1 atom stereocenters. The van der Waals surface area contributed by atoms with Crippen molar-refractivity contribution in [3.05, 3.63) is 89.6 Å². The Balaban J connectivity index is 1.54. The first kappa shape index (κ1) is 17.4. The topological polar surface area (TPSA) is 71.1 Å². The minimum absolute atomic E-state index is 0.0213. The molecule has 0 bridgehead atoms. The van der Waals surface area contributed by atoms with Gasteiger partial charge >= 0.3 is 0 Å². The van der Waals surface area contributed by atoms with E-state index < -0.39 is 0 Å². The monoisotopic (exact) mass is 384 g/mol. The quantitative estimate of drug-likeness (QED) is 0.584. The summed E-state index contributed by atoms with van der Waals surface area (Å²) in [4.78, 5) is 27.5. The molecule has 1 aliphatic heterocycles. The average Bonchev–Trinajstić information content (AvgIpc) is 3.26. The molecule has 1 aliphatic rings. The number of aromatic amines is 1. The largest absolute Gasteiger partial charge is 0.497 e. The molecule has 1 amide bonds. The van der Waals surface area contributed by atoms with Crippen molar-refractivity contribution in [1.29, 1.82) is 0 Å². The van der Waals surface area contributed by atoms with Crippen LogP contribution in [0.5, 0.6) is 5.75 Å². The number of fused-ring (bicyclic) bond motifs is 2. The maximum atomic E-state index is 13.5. The summed E-state index contributed by atoms with van der Waals surface area (Å²) >= 11 is 0. The van der Waals surface area contributed by atoms with Crippen LogP contribution in [-0.4, -0.2) is 39.4 Å². The van der Waals surface area contributed by atoms with Crippen LogP contribution in [-0.2, 0) is 6.54 Å². The molecule has 5 rings (SSSR count). The second-order valence-corrected chi connectivity index (χ2v) is 7.16. The van der Waals surface area contributed by atoms with Crippen LogP contribution in [0, 0.1) is 0 Å². The van der Waals surface area contributed by atoms with E-state index in [9.17, 15) is 4.79 Å². The molecule has 144 valence electrons. The number of methoxy groups -OCH3 is 1. The predicted octanol–water partition coefficient (Wildman–Crippen LogP) is 3.75. The second-order valence-electron chi connectivity index (χ2n) is 7.16. The molecule has 0 fully saturated rings. The highest BCUT2D eigenvalue weighted by Crippen LogP contribution is 2.34. The third-order valence-electron chi connectivity index (χ3n) is 5.48. The van der Waals surface area contributed by atoms with E-state index >= 15 is 0 Å². The minimum Gasteiger partial charge on any atom is -0.497 e. The van der Waals surface area contributed by atoms with Crippen LogP contribution in [0.15, 0.2) is 67.1 Å². The molecule has 2 aromatic heterocycles. The second kappa shape index (κ2) is 7.05. The molecule has 6 heteroatoms. The zero-order valence-corrected chi connectivity index (χ0v) is 16.0. The Labute approximate surface area is 168 Å². The van der Waals surface area contributed by atoms with Gasteiger partial charge in [0.15, 0.2) is 0 Å². The molecular weight excluding hydrogens is 364 g/mol. The van der Waals surface area contributed by atoms with E-state index in [1.54, 1.807) is 19.6 Å². The maximum absolute atomic E-state index is 13.5. The Hall–Kier alpha value is -3.67. The summed E-state index contributed by atoms with van der Waals surface area (Å²) in [5, 5.41) is 0.960. The highest BCUT2D eigenvalue weighted by Gasteiger charge is 2.32. The van der Waals surface area contributed by atoms with Crippen LogP contribution in [0.3, 0.4) is 0 Å². The van der Waals surface area contributed by atoms with Crippen molar-refractivity contribution in [2.24, 2.45) is 0 Å². The minimum atomic E-state index is -0.0255. The number of H-pyrrole nitrogens is 1. The lowest BCUT2D eigenvalue weighted by atomic mass is 9.90. The number of para-hydroxylation sites is 1. The third-order valence-corrected chi connectivity index (χ3v) is 5.48. The number of nitrogens with one attached hydrogen (secondary N) is 1. The highest BCUT2D eigenvalue weighted by molar-refractivity contribution is 6.05. The van der Waals surface area contributed by atoms with E-state index in [4.69, 9.17) is 4.74 Å². The van der Waals surface area contributed by atoms with E-state index in [0.717, 1.165) is 33.6 Å². The summed E-state index contributed by atoms with van der Waals surface area (Å²) in [7, 11) is 1.66. The molecule has 0 saturated heterocycles. The Morgan fingerprint density at radius 2 is 2.00 bits per heavy atom. The third kappa shape index (κ3) is 3.02. The van der Waals surface area contributed by atoms with Crippen LogP contribution >= 0.6 is 0 Å². The number of rotatable bonds is 3. The molecule has 2 aromatic carbocycles. The number of ether oxygens (including phenoxy) is 1. The number of pyridine rings is 1. The number of benzene rings is 2. The van der Waals surface area contributed by atoms with E-state index in [-0.39, 0.29) is 11.8 Å². The molecule has 4 aromatic rings. The standard InChI is InChI=1S/C23H20N4O2/c1-29-17-8-2-6-16(11-17)19-12-27(13-20-22(19)26-14-25-20)23(28)18-9-3-5-15-7-4-10-24-21(15)18/h2-11,14,19H,12-13H2,1H3,(H,25,26). The van der Waals surface area contributed by atoms with Gasteiger partial charge < -0.3 is 14.6 Å². The first-order valence-corrected chi connectivity index (χ1v) is 9.53. The molecule has 0 saturated carbocycles. The summed E-state index contributed by atoms with van der Waals surface area (Å²) in [6.07, 6.45) is 3.42. The molecule has 3 heterocycles. The van der Waals surface area contributed by atoms with Gasteiger partial charge in [-0.05, 0) is 29.8 Å². The number of nitrogens with zero attached hydrogens (tertiary/aromatic N) is 3. The van der Waals surface area contributed by atoms with E-state index in [1.165, 1.54) is 0 Å². The van der Waals surface area contributed by atoms with Gasteiger partial charge in [-0.3, -0.25) is 9.78 Å². The normalized spacial score (nSPS) is 15.9. The number of hydrogen-bond acceptors (Lipinski definition) is 4. The van der Waals surface area contributed by atoms with Gasteiger partial charge in [0.2, 0.25) is 0 Å². The summed E-state index contributed by atoms with van der Waals surface area (Å²) < 4.78 is 5.39. The summed E-state index contributed by atoms with van der Waals surface area (Å²) in [5.74, 6) is 0.746. The zero-order chi connectivity index (χ0) is 19.8. The number of imidazole rings is 1. The van der Waals surface area contributed by atoms with Crippen LogP contribution in [0.1, 0.15) is 33.2 Å². The number of amides is 1. The molecule has 0 radical (unpaired) electrons. The highest BCUT2D eigenvalue weighted by atomic mass is 16.5. The summed E-state index contributed by atoms with van der Waals surface area (Å²) in [5.41, 5.74) is 4.37. The van der Waals surface area contributed by atoms with Crippen molar-refractivity contribution in [2.75, 3.05) is 13.7 Å². The number of carbonyl (C=O) groups excluding carboxylic acids is 1. The fourth-order valence-electron chi connectivity index (χ4n) is 4.04. The molecule has 1 N–H and O–H groups in total. The first-order valence-electron chi connectivity index (χ1n) is 9.53. The fraction of sp³-hybridized carbons (Fsp3) is 0.174. The van der Waals surface area contributed by atoms with E-state index in [0.29, 0.717) is 18.7 Å². The van der Waals surface area contributed by atoms with Gasteiger partial charge in [-0.2, -0.15) is 0 Å². The summed E-state index contributed by atoms with van der Waals surface area (Å²) in [6.45, 7) is 1.05. The molecule has 0 spiro atoms. The van der Waals surface area contributed by atoms with Gasteiger partial charge in [-0.1, -0.05) is 30.3 Å². The van der Waals surface area contributed by atoms with Crippen LogP contribution in [0.4, 0.5) is 0 Å². The van der Waals surface area contributed by atoms with Gasteiger partial charge in [0.1, 0.15) is 5.75 Å². The van der Waals surface area contributed by atoms with E-state index in [1.807, 2.05) is 53.4 Å². The maximum Gasteiger partial charge on any atom is 0.256 e. The van der Waals surface area contributed by atoms with Crippen LogP contribution in [0.25, 0.3) is 10.9 Å². The smallest absolute Gasteiger partial charge is 0.256 e. The lowest BCUT2D eigenvalue weighted by Crippen LogP contribution is -2.38. The van der Waals surface area contributed by atoms with Gasteiger partial charge in [0.05, 0.1) is 42.4 Å².